The fourth-order valence-corrected chi connectivity index (χ4v) is 2.05. The molecule has 0 aliphatic rings. The fourth-order valence-electron chi connectivity index (χ4n) is 1.67. The van der Waals surface area contributed by atoms with Crippen molar-refractivity contribution in [1.82, 2.24) is 0 Å². The number of phenolic OH excluding ortho intramolecular Hbond substituents is 1. The number of amides is 1. The van der Waals surface area contributed by atoms with E-state index in [-0.39, 0.29) is 11.3 Å². The van der Waals surface area contributed by atoms with Gasteiger partial charge in [-0.25, -0.2) is 0 Å². The molecule has 0 bridgehead atoms. The molecule has 0 saturated carbocycles. The van der Waals surface area contributed by atoms with Gasteiger partial charge in [0, 0.05) is 4.47 Å². The Morgan fingerprint density at radius 1 is 1.26 bits per heavy atom. The Morgan fingerprint density at radius 3 is 2.68 bits per heavy atom. The van der Waals surface area contributed by atoms with E-state index in [9.17, 15) is 9.90 Å². The minimum Gasteiger partial charge on any atom is -0.507 e. The number of aromatic hydroxyl groups is 1. The lowest BCUT2D eigenvalue weighted by atomic mass is 10.1. The van der Waals surface area contributed by atoms with Gasteiger partial charge in [-0.1, -0.05) is 27.6 Å². The summed E-state index contributed by atoms with van der Waals surface area (Å²) in [6.07, 6.45) is 0. The zero-order valence-electron chi connectivity index (χ0n) is 10.3. The first kappa shape index (κ1) is 13.4. The first-order valence-corrected chi connectivity index (χ1v) is 6.42. The average molecular weight is 321 g/mol. The molecule has 4 nitrogen and oxygen atoms in total. The molecule has 2 aromatic rings. The van der Waals surface area contributed by atoms with Gasteiger partial charge in [-0.3, -0.25) is 4.79 Å². The molecular weight excluding hydrogens is 308 g/mol. The van der Waals surface area contributed by atoms with Crippen LogP contribution in [-0.2, 0) is 0 Å². The number of nitrogen functional groups attached to an aromatic ring is 1. The summed E-state index contributed by atoms with van der Waals surface area (Å²) in [5, 5.41) is 12.4. The normalized spacial score (nSPS) is 10.2. The first-order valence-electron chi connectivity index (χ1n) is 5.63. The van der Waals surface area contributed by atoms with Crippen LogP contribution in [0.15, 0.2) is 40.9 Å². The molecule has 0 atom stereocenters. The van der Waals surface area contributed by atoms with Gasteiger partial charge in [0.1, 0.15) is 5.75 Å². The number of carbonyl (C=O) groups excluding carboxylic acids is 1. The van der Waals surface area contributed by atoms with Crippen molar-refractivity contribution in [2.24, 2.45) is 0 Å². The molecule has 19 heavy (non-hydrogen) atoms. The van der Waals surface area contributed by atoms with Gasteiger partial charge in [0.25, 0.3) is 5.91 Å². The van der Waals surface area contributed by atoms with Gasteiger partial charge in [-0.2, -0.15) is 0 Å². The maximum absolute atomic E-state index is 12.1. The monoisotopic (exact) mass is 320 g/mol. The number of anilines is 2. The smallest absolute Gasteiger partial charge is 0.259 e. The quantitative estimate of drug-likeness (QED) is 0.743. The summed E-state index contributed by atoms with van der Waals surface area (Å²) in [6, 6.07) is 10.0. The number of phenols is 1. The Hall–Kier alpha value is -2.01. The van der Waals surface area contributed by atoms with Gasteiger partial charge in [0.2, 0.25) is 0 Å². The fraction of sp³-hybridized carbons (Fsp3) is 0.0714. The van der Waals surface area contributed by atoms with Gasteiger partial charge in [0.05, 0.1) is 16.9 Å². The van der Waals surface area contributed by atoms with Crippen LogP contribution in [0.5, 0.6) is 5.75 Å². The third kappa shape index (κ3) is 3.06. The van der Waals surface area contributed by atoms with Crippen LogP contribution in [0.4, 0.5) is 11.4 Å². The Morgan fingerprint density at radius 2 is 2.00 bits per heavy atom. The molecule has 2 rings (SSSR count). The van der Waals surface area contributed by atoms with Crippen LogP contribution in [0.3, 0.4) is 0 Å². The molecule has 4 N–H and O–H groups in total. The SMILES string of the molecule is Cc1ccc(O)c(C(=O)Nc2ccc(Br)cc2N)c1. The van der Waals surface area contributed by atoms with Crippen LogP contribution in [-0.4, -0.2) is 11.0 Å². The minimum atomic E-state index is -0.393. The minimum absolute atomic E-state index is 0.0567. The maximum Gasteiger partial charge on any atom is 0.259 e. The van der Waals surface area contributed by atoms with Crippen molar-refractivity contribution in [2.45, 2.75) is 6.92 Å². The highest BCUT2D eigenvalue weighted by Crippen LogP contribution is 2.25. The van der Waals surface area contributed by atoms with Crippen LogP contribution >= 0.6 is 15.9 Å². The number of rotatable bonds is 2. The van der Waals surface area contributed by atoms with E-state index in [2.05, 4.69) is 21.2 Å². The summed E-state index contributed by atoms with van der Waals surface area (Å²) in [6.45, 7) is 1.85. The zero-order chi connectivity index (χ0) is 14.0. The van der Waals surface area contributed by atoms with E-state index in [1.54, 1.807) is 30.3 Å². The molecule has 0 aliphatic heterocycles. The largest absolute Gasteiger partial charge is 0.507 e. The number of hydrogen-bond donors (Lipinski definition) is 3. The zero-order valence-corrected chi connectivity index (χ0v) is 11.9. The second-order valence-corrected chi connectivity index (χ2v) is 5.12. The number of benzene rings is 2. The number of halogens is 1. The first-order chi connectivity index (χ1) is 8.97. The molecule has 0 aliphatic carbocycles. The third-order valence-electron chi connectivity index (χ3n) is 2.66. The summed E-state index contributed by atoms with van der Waals surface area (Å²) in [7, 11) is 0. The second-order valence-electron chi connectivity index (χ2n) is 4.21. The topological polar surface area (TPSA) is 75.3 Å². The number of nitrogens with one attached hydrogen (secondary N) is 1. The van der Waals surface area contributed by atoms with E-state index in [1.807, 2.05) is 6.92 Å². The summed E-state index contributed by atoms with van der Waals surface area (Å²) in [5.41, 5.74) is 7.89. The van der Waals surface area contributed by atoms with Gasteiger partial charge in [-0.05, 0) is 37.3 Å². The van der Waals surface area contributed by atoms with Crippen LogP contribution < -0.4 is 11.1 Å². The highest BCUT2D eigenvalue weighted by molar-refractivity contribution is 9.10. The number of nitrogens with two attached hydrogens (primary N) is 1. The van der Waals surface area contributed by atoms with Crippen molar-refractivity contribution in [3.8, 4) is 5.75 Å². The molecule has 0 fully saturated rings. The summed E-state index contributed by atoms with van der Waals surface area (Å²) < 4.78 is 0.835. The average Bonchev–Trinajstić information content (AvgIpc) is 2.35. The molecule has 0 saturated heterocycles. The lowest BCUT2D eigenvalue weighted by Crippen LogP contribution is -2.13. The Bertz CT molecular complexity index is 641. The van der Waals surface area contributed by atoms with E-state index in [4.69, 9.17) is 5.73 Å². The van der Waals surface area contributed by atoms with Gasteiger partial charge < -0.3 is 16.2 Å². The lowest BCUT2D eigenvalue weighted by molar-refractivity contribution is 0.102. The molecule has 0 unspecified atom stereocenters. The lowest BCUT2D eigenvalue weighted by Gasteiger charge is -2.10. The standard InChI is InChI=1S/C14H13BrN2O2/c1-8-2-5-13(18)10(6-8)14(19)17-12-4-3-9(15)7-11(12)16/h2-7,18H,16H2,1H3,(H,17,19). The van der Waals surface area contributed by atoms with Crippen molar-refractivity contribution in [2.75, 3.05) is 11.1 Å². The molecule has 98 valence electrons. The van der Waals surface area contributed by atoms with E-state index in [0.717, 1.165) is 10.0 Å². The van der Waals surface area contributed by atoms with Crippen molar-refractivity contribution in [3.05, 3.63) is 52.0 Å². The Labute approximate surface area is 119 Å². The Kier molecular flexibility index (Phi) is 3.76. The van der Waals surface area contributed by atoms with Crippen molar-refractivity contribution in [3.63, 3.8) is 0 Å². The van der Waals surface area contributed by atoms with E-state index < -0.39 is 5.91 Å². The molecule has 0 spiro atoms. The molecule has 1 amide bonds. The molecular formula is C14H13BrN2O2. The second kappa shape index (κ2) is 5.32. The third-order valence-corrected chi connectivity index (χ3v) is 3.15. The molecule has 0 aromatic heterocycles. The van der Waals surface area contributed by atoms with Crippen LogP contribution in [0, 0.1) is 6.92 Å². The highest BCUT2D eigenvalue weighted by atomic mass is 79.9. The van der Waals surface area contributed by atoms with Crippen molar-refractivity contribution < 1.29 is 9.90 Å². The Balaban J connectivity index is 2.28. The summed E-state index contributed by atoms with van der Waals surface area (Å²) in [5.74, 6) is -0.450. The van der Waals surface area contributed by atoms with Gasteiger partial charge >= 0.3 is 0 Å². The van der Waals surface area contributed by atoms with E-state index in [0.29, 0.717) is 11.4 Å². The number of aryl methyl sites for hydroxylation is 1. The van der Waals surface area contributed by atoms with E-state index >= 15 is 0 Å². The predicted molar refractivity (Wildman–Crippen MR) is 79.4 cm³/mol. The van der Waals surface area contributed by atoms with Crippen molar-refractivity contribution in [1.29, 1.82) is 0 Å². The molecule has 0 heterocycles. The highest BCUT2D eigenvalue weighted by Gasteiger charge is 2.12. The van der Waals surface area contributed by atoms with Crippen LogP contribution in [0.2, 0.25) is 0 Å². The summed E-state index contributed by atoms with van der Waals surface area (Å²) in [4.78, 5) is 12.1. The predicted octanol–water partition coefficient (Wildman–Crippen LogP) is 3.30. The number of carbonyl (C=O) groups is 1. The summed E-state index contributed by atoms with van der Waals surface area (Å²) >= 11 is 3.30. The van der Waals surface area contributed by atoms with Crippen molar-refractivity contribution >= 4 is 33.2 Å². The maximum atomic E-state index is 12.1. The van der Waals surface area contributed by atoms with Gasteiger partial charge in [-0.15, -0.1) is 0 Å². The number of hydrogen-bond acceptors (Lipinski definition) is 3. The van der Waals surface area contributed by atoms with Crippen LogP contribution in [0.25, 0.3) is 0 Å². The van der Waals surface area contributed by atoms with E-state index in [1.165, 1.54) is 6.07 Å². The van der Waals surface area contributed by atoms with Crippen LogP contribution in [0.1, 0.15) is 15.9 Å². The van der Waals surface area contributed by atoms with Gasteiger partial charge in [0.15, 0.2) is 0 Å². The molecule has 5 heteroatoms. The molecule has 0 radical (unpaired) electrons. The molecule has 2 aromatic carbocycles.